The van der Waals surface area contributed by atoms with Gasteiger partial charge in [0.15, 0.2) is 0 Å². The van der Waals surface area contributed by atoms with Gasteiger partial charge in [-0.05, 0) is 77.7 Å². The van der Waals surface area contributed by atoms with Crippen molar-refractivity contribution in [1.29, 1.82) is 0 Å². The molecule has 0 radical (unpaired) electrons. The molecule has 224 valence electrons. The van der Waals surface area contributed by atoms with Gasteiger partial charge in [0.25, 0.3) is 11.8 Å². The number of imide groups is 1. The summed E-state index contributed by atoms with van der Waals surface area (Å²) in [5.74, 6) is 0.000490. The average Bonchev–Trinajstić information content (AvgIpc) is 3.52. The Labute approximate surface area is 257 Å². The quantitative estimate of drug-likeness (QED) is 0.229. The van der Waals surface area contributed by atoms with E-state index in [9.17, 15) is 9.59 Å². The molecule has 43 heavy (non-hydrogen) atoms. The summed E-state index contributed by atoms with van der Waals surface area (Å²) in [5.41, 5.74) is 8.22. The molecule has 1 aliphatic rings. The van der Waals surface area contributed by atoms with Gasteiger partial charge < -0.3 is 15.2 Å². The minimum absolute atomic E-state index is 0.0597. The first-order valence-electron chi connectivity index (χ1n) is 14.4. The molecule has 0 aliphatic carbocycles. The van der Waals surface area contributed by atoms with Crippen LogP contribution < -0.4 is 20.1 Å². The molecule has 8 nitrogen and oxygen atoms in total. The van der Waals surface area contributed by atoms with E-state index in [1.165, 1.54) is 17.3 Å². The number of benzene rings is 2. The molecule has 0 bridgehead atoms. The van der Waals surface area contributed by atoms with Crippen molar-refractivity contribution in [2.45, 2.75) is 51.7 Å². The number of nitrogens with zero attached hydrogens (tertiary/aromatic N) is 3. The molecule has 4 aromatic rings. The number of ether oxygens (including phenoxy) is 2. The van der Waals surface area contributed by atoms with E-state index in [4.69, 9.17) is 15.2 Å². The summed E-state index contributed by atoms with van der Waals surface area (Å²) in [6.07, 6.45) is 4.57. The molecular weight excluding hydrogens is 560 g/mol. The minimum Gasteiger partial charge on any atom is -0.497 e. The van der Waals surface area contributed by atoms with Crippen molar-refractivity contribution >= 4 is 34.5 Å². The molecule has 1 aliphatic heterocycles. The zero-order chi connectivity index (χ0) is 30.6. The van der Waals surface area contributed by atoms with Crippen LogP contribution in [0.1, 0.15) is 64.8 Å². The van der Waals surface area contributed by atoms with Gasteiger partial charge in [-0.3, -0.25) is 19.5 Å². The Morgan fingerprint density at radius 1 is 1.05 bits per heavy atom. The van der Waals surface area contributed by atoms with Crippen LogP contribution in [0.3, 0.4) is 0 Å². The molecule has 0 unspecified atom stereocenters. The van der Waals surface area contributed by atoms with Crippen LogP contribution in [-0.2, 0) is 12.0 Å². The van der Waals surface area contributed by atoms with Crippen LogP contribution in [0.25, 0.3) is 0 Å². The van der Waals surface area contributed by atoms with Crippen molar-refractivity contribution in [1.82, 2.24) is 9.88 Å². The van der Waals surface area contributed by atoms with Gasteiger partial charge in [-0.15, -0.1) is 11.3 Å². The maximum absolute atomic E-state index is 14.4. The minimum atomic E-state index is -0.536. The molecule has 0 atom stereocenters. The number of hydrogen-bond donors (Lipinski definition) is 1. The number of methoxy groups -OCH3 is 1. The third-order valence-electron chi connectivity index (χ3n) is 7.68. The van der Waals surface area contributed by atoms with Crippen LogP contribution in [0.4, 0.5) is 11.4 Å². The molecule has 5 rings (SSSR count). The Morgan fingerprint density at radius 3 is 2.42 bits per heavy atom. The Bertz CT molecular complexity index is 1560. The zero-order valence-electron chi connectivity index (χ0n) is 25.1. The van der Waals surface area contributed by atoms with Crippen LogP contribution in [0.15, 0.2) is 78.4 Å². The van der Waals surface area contributed by atoms with E-state index in [0.29, 0.717) is 22.6 Å². The maximum Gasteiger partial charge on any atom is 0.269 e. The molecule has 2 N–H and O–H groups in total. The number of carbonyl (C=O) groups is 2. The lowest BCUT2D eigenvalue weighted by atomic mass is 9.86. The van der Waals surface area contributed by atoms with Crippen molar-refractivity contribution in [2.75, 3.05) is 30.8 Å². The second-order valence-electron chi connectivity index (χ2n) is 11.7. The van der Waals surface area contributed by atoms with Gasteiger partial charge in [-0.1, -0.05) is 32.9 Å². The van der Waals surface area contributed by atoms with E-state index < -0.39 is 11.8 Å². The number of nitrogens with two attached hydrogens (primary N) is 1. The number of hydrogen-bond acceptors (Lipinski definition) is 8. The summed E-state index contributed by atoms with van der Waals surface area (Å²) < 4.78 is 11.9. The van der Waals surface area contributed by atoms with E-state index in [-0.39, 0.29) is 22.9 Å². The molecule has 0 spiro atoms. The maximum atomic E-state index is 14.4. The fourth-order valence-electron chi connectivity index (χ4n) is 5.13. The highest BCUT2D eigenvalue weighted by Crippen LogP contribution is 2.34. The molecule has 1 saturated heterocycles. The molecule has 1 fully saturated rings. The van der Waals surface area contributed by atoms with Crippen molar-refractivity contribution in [3.8, 4) is 11.5 Å². The van der Waals surface area contributed by atoms with Gasteiger partial charge in [0.1, 0.15) is 17.6 Å². The molecule has 3 heterocycles. The van der Waals surface area contributed by atoms with Crippen molar-refractivity contribution in [2.24, 2.45) is 0 Å². The van der Waals surface area contributed by atoms with Gasteiger partial charge in [0, 0.05) is 36.3 Å². The lowest BCUT2D eigenvalue weighted by Gasteiger charge is -2.33. The van der Waals surface area contributed by atoms with E-state index in [0.717, 1.165) is 42.9 Å². The third-order valence-corrected chi connectivity index (χ3v) is 8.54. The zero-order valence-corrected chi connectivity index (χ0v) is 25.9. The normalized spacial score (nSPS) is 14.3. The summed E-state index contributed by atoms with van der Waals surface area (Å²) >= 11 is 1.77. The first-order valence-corrected chi connectivity index (χ1v) is 15.3. The number of anilines is 2. The van der Waals surface area contributed by atoms with Crippen LogP contribution >= 0.6 is 11.3 Å². The number of aromatic nitrogens is 1. The Balaban J connectivity index is 1.47. The summed E-state index contributed by atoms with van der Waals surface area (Å²) in [5, 5.41) is 2.10. The Morgan fingerprint density at radius 2 is 1.79 bits per heavy atom. The molecule has 2 amide bonds. The number of likely N-dealkylation sites (tertiary alicyclic amines) is 1. The number of nitrogen functional groups attached to an aromatic ring is 1. The number of piperidine rings is 1. The smallest absolute Gasteiger partial charge is 0.269 e. The second kappa shape index (κ2) is 13.0. The molecule has 0 saturated carbocycles. The SMILES string of the molecule is COc1ccc(C(=O)N(C(=O)c2ccc(C(C)(C)C)cc2OC2CCN(Cc3cccs3)CC2)c2cnccc2N)cc1. The number of rotatable bonds is 8. The average molecular weight is 599 g/mol. The third kappa shape index (κ3) is 7.06. The van der Waals surface area contributed by atoms with Crippen LogP contribution in [0, 0.1) is 0 Å². The Hall–Kier alpha value is -4.21. The van der Waals surface area contributed by atoms with Crippen molar-refractivity contribution in [3.63, 3.8) is 0 Å². The van der Waals surface area contributed by atoms with Gasteiger partial charge >= 0.3 is 0 Å². The summed E-state index contributed by atoms with van der Waals surface area (Å²) in [6.45, 7) is 9.09. The molecular formula is C34H38N4O4S. The summed E-state index contributed by atoms with van der Waals surface area (Å²) in [4.78, 5) is 37.4. The summed E-state index contributed by atoms with van der Waals surface area (Å²) in [6, 6.07) is 18.0. The van der Waals surface area contributed by atoms with Crippen LogP contribution in [-0.4, -0.2) is 48.0 Å². The highest BCUT2D eigenvalue weighted by atomic mass is 32.1. The van der Waals surface area contributed by atoms with E-state index >= 15 is 0 Å². The lowest BCUT2D eigenvalue weighted by Crippen LogP contribution is -2.39. The Kier molecular flexibility index (Phi) is 9.13. The monoisotopic (exact) mass is 598 g/mol. The van der Waals surface area contributed by atoms with Crippen LogP contribution in [0.2, 0.25) is 0 Å². The molecule has 2 aromatic carbocycles. The van der Waals surface area contributed by atoms with Gasteiger partial charge in [0.2, 0.25) is 0 Å². The van der Waals surface area contributed by atoms with Crippen LogP contribution in [0.5, 0.6) is 11.5 Å². The first-order chi connectivity index (χ1) is 20.6. The number of thiophene rings is 1. The first kappa shape index (κ1) is 30.3. The van der Waals surface area contributed by atoms with E-state index in [1.807, 2.05) is 12.1 Å². The van der Waals surface area contributed by atoms with Crippen molar-refractivity contribution < 1.29 is 19.1 Å². The number of carbonyl (C=O) groups excluding carboxylic acids is 2. The van der Waals surface area contributed by atoms with Crippen molar-refractivity contribution in [3.05, 3.63) is 100 Å². The highest BCUT2D eigenvalue weighted by Gasteiger charge is 2.32. The van der Waals surface area contributed by atoms with Gasteiger partial charge in [-0.25, -0.2) is 4.90 Å². The number of pyridine rings is 1. The number of amides is 2. The van der Waals surface area contributed by atoms with Gasteiger partial charge in [-0.2, -0.15) is 0 Å². The lowest BCUT2D eigenvalue weighted by molar-refractivity contribution is 0.0871. The predicted molar refractivity (Wildman–Crippen MR) is 171 cm³/mol. The second-order valence-corrected chi connectivity index (χ2v) is 12.8. The molecule has 9 heteroatoms. The fraction of sp³-hybridized carbons (Fsp3) is 0.324. The van der Waals surface area contributed by atoms with E-state index in [2.05, 4.69) is 48.2 Å². The van der Waals surface area contributed by atoms with Gasteiger partial charge in [0.05, 0.1) is 30.2 Å². The molecule has 2 aromatic heterocycles. The van der Waals surface area contributed by atoms with E-state index in [1.54, 1.807) is 54.8 Å². The standard InChI is InChI=1S/C34H38N4O4S/c1-34(2,3)24-9-12-28(31(20-24)42-26-14-17-37(18-15-26)22-27-6-5-19-43-27)33(40)38(30-21-36-16-13-29(30)35)32(39)23-7-10-25(41-4)11-8-23/h5-13,16,19-21,26H,14-15,17-18,22H2,1-4H3,(H2,35,36). The topological polar surface area (TPSA) is 98.0 Å². The largest absolute Gasteiger partial charge is 0.497 e. The predicted octanol–water partition coefficient (Wildman–Crippen LogP) is 6.56. The highest BCUT2D eigenvalue weighted by molar-refractivity contribution is 7.09. The summed E-state index contributed by atoms with van der Waals surface area (Å²) in [7, 11) is 1.55. The fourth-order valence-corrected chi connectivity index (χ4v) is 5.87.